The Morgan fingerprint density at radius 2 is 2.09 bits per heavy atom. The van der Waals surface area contributed by atoms with Crippen LogP contribution in [0.2, 0.25) is 0 Å². The van der Waals surface area contributed by atoms with Gasteiger partial charge in [0.05, 0.1) is 0 Å². The summed E-state index contributed by atoms with van der Waals surface area (Å²) in [4.78, 5) is 4.34. The Hall–Kier alpha value is -0.240. The van der Waals surface area contributed by atoms with Crippen LogP contribution in [0.3, 0.4) is 0 Å². The number of rotatable bonds is 2. The molecule has 0 saturated carbocycles. The second-order valence-electron chi connectivity index (χ2n) is 3.33. The molecule has 2 heteroatoms. The van der Waals surface area contributed by atoms with Crippen molar-refractivity contribution in [1.82, 2.24) is 0 Å². The van der Waals surface area contributed by atoms with Crippen LogP contribution in [-0.2, 0) is 0 Å². The predicted octanol–water partition coefficient (Wildman–Crippen LogP) is 2.69. The molecule has 1 heterocycles. The fourth-order valence-corrected chi connectivity index (χ4v) is 1.23. The molecule has 0 amide bonds. The molecule has 1 rings (SSSR count). The Balaban J connectivity index is 2.52. The van der Waals surface area contributed by atoms with Gasteiger partial charge in [-0.1, -0.05) is 13.8 Å². The third kappa shape index (κ3) is 2.09. The van der Waals surface area contributed by atoms with Crippen LogP contribution in [0.15, 0.2) is 16.8 Å². The average molecular weight is 169 g/mol. The molecule has 0 aromatic carbocycles. The summed E-state index contributed by atoms with van der Waals surface area (Å²) < 4.78 is 0. The molecule has 0 radical (unpaired) electrons. The first-order chi connectivity index (χ1) is 5.11. The minimum absolute atomic E-state index is 0.356. The van der Waals surface area contributed by atoms with E-state index < -0.39 is 0 Å². The molecule has 1 unspecified atom stereocenters. The summed E-state index contributed by atoms with van der Waals surface area (Å²) in [5.74, 6) is 0.579. The zero-order valence-corrected chi connectivity index (χ0v) is 8.23. The molecule has 0 spiro atoms. The van der Waals surface area contributed by atoms with Crippen LogP contribution in [-0.4, -0.2) is 11.0 Å². The fraction of sp³-hybridized carbons (Fsp3) is 0.667. The molecule has 1 aliphatic heterocycles. The van der Waals surface area contributed by atoms with Crippen molar-refractivity contribution < 1.29 is 0 Å². The van der Waals surface area contributed by atoms with Crippen molar-refractivity contribution in [3.8, 4) is 0 Å². The van der Waals surface area contributed by atoms with E-state index in [1.165, 1.54) is 11.3 Å². The summed E-state index contributed by atoms with van der Waals surface area (Å²) in [6.45, 7) is 6.45. The van der Waals surface area contributed by atoms with E-state index in [1.54, 1.807) is 0 Å². The second kappa shape index (κ2) is 3.44. The van der Waals surface area contributed by atoms with Crippen LogP contribution < -0.4 is 0 Å². The van der Waals surface area contributed by atoms with E-state index in [2.05, 4.69) is 38.4 Å². The molecule has 1 aliphatic rings. The predicted molar refractivity (Wildman–Crippen MR) is 53.4 cm³/mol. The lowest BCUT2D eigenvalue weighted by Gasteiger charge is -2.07. The molecule has 0 aliphatic carbocycles. The van der Waals surface area contributed by atoms with Crippen LogP contribution in [0.5, 0.6) is 0 Å². The van der Waals surface area contributed by atoms with Crippen molar-refractivity contribution in [1.29, 1.82) is 0 Å². The van der Waals surface area contributed by atoms with Crippen molar-refractivity contribution in [3.63, 3.8) is 0 Å². The van der Waals surface area contributed by atoms with Crippen molar-refractivity contribution >= 4 is 18.3 Å². The van der Waals surface area contributed by atoms with E-state index in [-0.39, 0.29) is 0 Å². The summed E-state index contributed by atoms with van der Waals surface area (Å²) >= 11 is 4.36. The van der Waals surface area contributed by atoms with E-state index in [0.717, 1.165) is 6.42 Å². The minimum atomic E-state index is 0.356. The molecule has 0 saturated heterocycles. The maximum atomic E-state index is 4.36. The topological polar surface area (TPSA) is 12.4 Å². The highest BCUT2D eigenvalue weighted by atomic mass is 32.1. The molecule has 0 bridgehead atoms. The van der Waals surface area contributed by atoms with Gasteiger partial charge in [-0.15, -0.1) is 0 Å². The van der Waals surface area contributed by atoms with Gasteiger partial charge in [0.25, 0.3) is 0 Å². The highest BCUT2D eigenvalue weighted by Crippen LogP contribution is 2.22. The Morgan fingerprint density at radius 3 is 2.36 bits per heavy atom. The summed E-state index contributed by atoms with van der Waals surface area (Å²) in [6, 6.07) is 0. The van der Waals surface area contributed by atoms with Crippen LogP contribution in [0, 0.1) is 5.92 Å². The third-order valence-corrected chi connectivity index (χ3v) is 2.32. The van der Waals surface area contributed by atoms with Crippen molar-refractivity contribution in [2.75, 3.05) is 0 Å². The first kappa shape index (κ1) is 8.85. The summed E-state index contributed by atoms with van der Waals surface area (Å²) in [7, 11) is 0. The third-order valence-electron chi connectivity index (χ3n) is 1.98. The van der Waals surface area contributed by atoms with Crippen molar-refractivity contribution in [2.24, 2.45) is 10.9 Å². The van der Waals surface area contributed by atoms with Crippen molar-refractivity contribution in [3.05, 3.63) is 11.8 Å². The lowest BCUT2D eigenvalue weighted by molar-refractivity contribution is 0.866. The molecule has 1 atom stereocenters. The van der Waals surface area contributed by atoms with Gasteiger partial charge in [0.2, 0.25) is 0 Å². The SMILES string of the molecule is CC(C)C1=NC=C(C(C)S)C1. The largest absolute Gasteiger partial charge is 0.265 e. The molecule has 11 heavy (non-hydrogen) atoms. The maximum Gasteiger partial charge on any atom is 0.0274 e. The van der Waals surface area contributed by atoms with Gasteiger partial charge >= 0.3 is 0 Å². The Bertz CT molecular complexity index is 180. The van der Waals surface area contributed by atoms with E-state index in [4.69, 9.17) is 0 Å². The van der Waals surface area contributed by atoms with Crippen LogP contribution >= 0.6 is 12.6 Å². The molecule has 0 aromatic rings. The van der Waals surface area contributed by atoms with E-state index in [9.17, 15) is 0 Å². The van der Waals surface area contributed by atoms with Gasteiger partial charge in [-0.05, 0) is 18.4 Å². The lowest BCUT2D eigenvalue weighted by atomic mass is 10.0. The molecule has 0 aromatic heterocycles. The summed E-state index contributed by atoms with van der Waals surface area (Å²) in [6.07, 6.45) is 3.00. The molecule has 0 N–H and O–H groups in total. The number of hydrogen-bond donors (Lipinski definition) is 1. The van der Waals surface area contributed by atoms with Gasteiger partial charge in [-0.2, -0.15) is 12.6 Å². The van der Waals surface area contributed by atoms with Gasteiger partial charge in [0, 0.05) is 23.6 Å². The normalized spacial score (nSPS) is 20.1. The Labute approximate surface area is 74.0 Å². The smallest absolute Gasteiger partial charge is 0.0274 e. The molecule has 62 valence electrons. The monoisotopic (exact) mass is 169 g/mol. The van der Waals surface area contributed by atoms with Gasteiger partial charge < -0.3 is 0 Å². The zero-order chi connectivity index (χ0) is 8.43. The fourth-order valence-electron chi connectivity index (χ4n) is 1.08. The van der Waals surface area contributed by atoms with Crippen LogP contribution in [0.25, 0.3) is 0 Å². The minimum Gasteiger partial charge on any atom is -0.265 e. The molecule has 0 fully saturated rings. The highest BCUT2D eigenvalue weighted by Gasteiger charge is 2.15. The average Bonchev–Trinajstić information content (AvgIpc) is 2.33. The number of nitrogens with zero attached hydrogens (tertiary/aromatic N) is 1. The number of thiol groups is 1. The summed E-state index contributed by atoms with van der Waals surface area (Å²) in [5.41, 5.74) is 2.64. The molecular weight excluding hydrogens is 154 g/mol. The Morgan fingerprint density at radius 1 is 1.45 bits per heavy atom. The van der Waals surface area contributed by atoms with E-state index in [1.807, 2.05) is 6.20 Å². The zero-order valence-electron chi connectivity index (χ0n) is 7.33. The first-order valence-electron chi connectivity index (χ1n) is 4.05. The maximum absolute atomic E-state index is 4.36. The van der Waals surface area contributed by atoms with Gasteiger partial charge in [0.15, 0.2) is 0 Å². The second-order valence-corrected chi connectivity index (χ2v) is 4.11. The standard InChI is InChI=1S/C9H15NS/c1-6(2)9-4-8(5-10-9)7(3)11/h5-7,11H,4H2,1-3H3. The molecule has 1 nitrogen and oxygen atoms in total. The van der Waals surface area contributed by atoms with Gasteiger partial charge in [0.1, 0.15) is 0 Å². The van der Waals surface area contributed by atoms with Gasteiger partial charge in [-0.25, -0.2) is 0 Å². The van der Waals surface area contributed by atoms with E-state index >= 15 is 0 Å². The first-order valence-corrected chi connectivity index (χ1v) is 4.56. The summed E-state index contributed by atoms with van der Waals surface area (Å²) in [5, 5.41) is 0.356. The van der Waals surface area contributed by atoms with Crippen LogP contribution in [0.1, 0.15) is 27.2 Å². The quantitative estimate of drug-likeness (QED) is 0.610. The molecular formula is C9H15NS. The van der Waals surface area contributed by atoms with Crippen LogP contribution in [0.4, 0.5) is 0 Å². The lowest BCUT2D eigenvalue weighted by Crippen LogP contribution is -2.07. The van der Waals surface area contributed by atoms with Crippen molar-refractivity contribution in [2.45, 2.75) is 32.4 Å². The Kier molecular flexibility index (Phi) is 2.77. The number of hydrogen-bond acceptors (Lipinski definition) is 2. The number of aliphatic imine (C=N–C) groups is 1. The van der Waals surface area contributed by atoms with Gasteiger partial charge in [-0.3, -0.25) is 4.99 Å². The van der Waals surface area contributed by atoms with E-state index in [0.29, 0.717) is 11.2 Å². The highest BCUT2D eigenvalue weighted by molar-refractivity contribution is 7.81.